The molecule has 0 saturated carbocycles. The molecule has 1 aromatic carbocycles. The molecule has 0 aliphatic heterocycles. The minimum absolute atomic E-state index is 0.00477. The Balaban J connectivity index is 2.53. The number of carboxylic acids is 1. The zero-order valence-corrected chi connectivity index (χ0v) is 10.9. The van der Waals surface area contributed by atoms with Gasteiger partial charge in [0.25, 0.3) is 0 Å². The fourth-order valence-corrected chi connectivity index (χ4v) is 2.67. The van der Waals surface area contributed by atoms with Crippen molar-refractivity contribution in [1.29, 1.82) is 0 Å². The predicted octanol–water partition coefficient (Wildman–Crippen LogP) is 3.74. The SMILES string of the molecule is CCCc1nc(-c2cc(F)ccc2F)sc1C(=O)O. The Hall–Kier alpha value is -1.82. The second-order valence-electron chi connectivity index (χ2n) is 3.97. The second kappa shape index (κ2) is 5.44. The predicted molar refractivity (Wildman–Crippen MR) is 68.4 cm³/mol. The monoisotopic (exact) mass is 283 g/mol. The van der Waals surface area contributed by atoms with Gasteiger partial charge in [0, 0.05) is 5.56 Å². The van der Waals surface area contributed by atoms with Crippen molar-refractivity contribution in [3.63, 3.8) is 0 Å². The maximum atomic E-state index is 13.6. The average molecular weight is 283 g/mol. The third-order valence-corrected chi connectivity index (χ3v) is 3.66. The largest absolute Gasteiger partial charge is 0.477 e. The molecule has 0 saturated heterocycles. The number of benzene rings is 1. The number of rotatable bonds is 4. The lowest BCUT2D eigenvalue weighted by Crippen LogP contribution is -1.98. The molecule has 0 unspecified atom stereocenters. The Bertz CT molecular complexity index is 625. The lowest BCUT2D eigenvalue weighted by atomic mass is 10.2. The van der Waals surface area contributed by atoms with E-state index in [0.29, 0.717) is 12.1 Å². The van der Waals surface area contributed by atoms with Crippen molar-refractivity contribution in [1.82, 2.24) is 4.98 Å². The van der Waals surface area contributed by atoms with Crippen molar-refractivity contribution in [2.24, 2.45) is 0 Å². The first-order valence-electron chi connectivity index (χ1n) is 5.71. The molecule has 0 aliphatic carbocycles. The number of nitrogens with zero attached hydrogens (tertiary/aromatic N) is 1. The fraction of sp³-hybridized carbons (Fsp3) is 0.231. The van der Waals surface area contributed by atoms with E-state index >= 15 is 0 Å². The van der Waals surface area contributed by atoms with Crippen molar-refractivity contribution in [2.75, 3.05) is 0 Å². The lowest BCUT2D eigenvalue weighted by Gasteiger charge is -1.98. The van der Waals surface area contributed by atoms with Crippen molar-refractivity contribution in [3.05, 3.63) is 40.4 Å². The molecule has 0 atom stereocenters. The molecule has 1 N–H and O–H groups in total. The van der Waals surface area contributed by atoms with E-state index in [1.807, 2.05) is 6.92 Å². The molecule has 2 aromatic rings. The second-order valence-corrected chi connectivity index (χ2v) is 4.97. The molecule has 1 heterocycles. The summed E-state index contributed by atoms with van der Waals surface area (Å²) in [6, 6.07) is 3.04. The van der Waals surface area contributed by atoms with Crippen molar-refractivity contribution in [2.45, 2.75) is 19.8 Å². The molecule has 19 heavy (non-hydrogen) atoms. The summed E-state index contributed by atoms with van der Waals surface area (Å²) in [7, 11) is 0. The average Bonchev–Trinajstić information content (AvgIpc) is 2.77. The van der Waals surface area contributed by atoms with E-state index in [9.17, 15) is 13.6 Å². The summed E-state index contributed by atoms with van der Waals surface area (Å²) >= 11 is 0.866. The zero-order chi connectivity index (χ0) is 14.0. The van der Waals surface area contributed by atoms with Gasteiger partial charge < -0.3 is 5.11 Å². The lowest BCUT2D eigenvalue weighted by molar-refractivity contribution is 0.0700. The highest BCUT2D eigenvalue weighted by atomic mass is 32.1. The number of halogens is 2. The number of carboxylic acid groups (broad SMARTS) is 1. The maximum Gasteiger partial charge on any atom is 0.347 e. The number of aromatic carboxylic acids is 1. The van der Waals surface area contributed by atoms with E-state index in [1.165, 1.54) is 0 Å². The molecule has 3 nitrogen and oxygen atoms in total. The van der Waals surface area contributed by atoms with Gasteiger partial charge in [0.15, 0.2) is 0 Å². The van der Waals surface area contributed by atoms with E-state index in [2.05, 4.69) is 4.98 Å². The molecule has 0 bridgehead atoms. The van der Waals surface area contributed by atoms with Gasteiger partial charge >= 0.3 is 5.97 Å². The van der Waals surface area contributed by atoms with Crippen LogP contribution < -0.4 is 0 Å². The van der Waals surface area contributed by atoms with Gasteiger partial charge in [0.2, 0.25) is 0 Å². The van der Waals surface area contributed by atoms with Crippen LogP contribution in [0.1, 0.15) is 28.7 Å². The highest BCUT2D eigenvalue weighted by Crippen LogP contribution is 2.31. The molecule has 0 fully saturated rings. The van der Waals surface area contributed by atoms with E-state index in [1.54, 1.807) is 0 Å². The highest BCUT2D eigenvalue weighted by Gasteiger charge is 2.19. The summed E-state index contributed by atoms with van der Waals surface area (Å²) in [5.74, 6) is -2.29. The summed E-state index contributed by atoms with van der Waals surface area (Å²) < 4.78 is 26.8. The van der Waals surface area contributed by atoms with Crippen LogP contribution in [0.25, 0.3) is 10.6 Å². The zero-order valence-electron chi connectivity index (χ0n) is 10.1. The van der Waals surface area contributed by atoms with Crippen LogP contribution >= 0.6 is 11.3 Å². The van der Waals surface area contributed by atoms with Gasteiger partial charge in [-0.15, -0.1) is 11.3 Å². The van der Waals surface area contributed by atoms with Crippen LogP contribution in [0.2, 0.25) is 0 Å². The standard InChI is InChI=1S/C13H11F2NO2S/c1-2-3-10-11(13(17)18)19-12(16-10)8-6-7(14)4-5-9(8)15/h4-6H,2-3H2,1H3,(H,17,18). The van der Waals surface area contributed by atoms with E-state index in [4.69, 9.17) is 5.11 Å². The van der Waals surface area contributed by atoms with Crippen LogP contribution in [-0.4, -0.2) is 16.1 Å². The smallest absolute Gasteiger partial charge is 0.347 e. The van der Waals surface area contributed by atoms with E-state index in [0.717, 1.165) is 36.0 Å². The molecule has 1 aromatic heterocycles. The summed E-state index contributed by atoms with van der Waals surface area (Å²) in [6.07, 6.45) is 1.23. The first-order chi connectivity index (χ1) is 9.02. The van der Waals surface area contributed by atoms with E-state index < -0.39 is 17.6 Å². The summed E-state index contributed by atoms with van der Waals surface area (Å²) in [5.41, 5.74) is 0.411. The Labute approximate surface area is 112 Å². The van der Waals surface area contributed by atoms with Crippen LogP contribution in [0.4, 0.5) is 8.78 Å². The third kappa shape index (κ3) is 2.78. The number of thiazole rings is 1. The highest BCUT2D eigenvalue weighted by molar-refractivity contribution is 7.17. The first-order valence-corrected chi connectivity index (χ1v) is 6.53. The first kappa shape index (κ1) is 13.6. The molecule has 0 amide bonds. The number of hydrogen-bond acceptors (Lipinski definition) is 3. The molecule has 2 rings (SSSR count). The van der Waals surface area contributed by atoms with Crippen molar-refractivity contribution in [3.8, 4) is 10.6 Å². The van der Waals surface area contributed by atoms with Crippen LogP contribution in [0.15, 0.2) is 18.2 Å². The van der Waals surface area contributed by atoms with E-state index in [-0.39, 0.29) is 15.4 Å². The minimum Gasteiger partial charge on any atom is -0.477 e. The number of aromatic nitrogens is 1. The third-order valence-electron chi connectivity index (χ3n) is 2.54. The summed E-state index contributed by atoms with van der Waals surface area (Å²) in [4.78, 5) is 15.3. The van der Waals surface area contributed by atoms with Crippen LogP contribution in [0.3, 0.4) is 0 Å². The Kier molecular flexibility index (Phi) is 3.90. The number of aryl methyl sites for hydroxylation is 1. The van der Waals surface area contributed by atoms with Gasteiger partial charge in [-0.1, -0.05) is 13.3 Å². The molecule has 0 radical (unpaired) electrons. The quantitative estimate of drug-likeness (QED) is 0.930. The van der Waals surface area contributed by atoms with Crippen LogP contribution in [0, 0.1) is 11.6 Å². The summed E-state index contributed by atoms with van der Waals surface area (Å²) in [5, 5.41) is 9.27. The van der Waals surface area contributed by atoms with Gasteiger partial charge in [-0.25, -0.2) is 18.6 Å². The Morgan fingerprint density at radius 3 is 2.79 bits per heavy atom. The molecule has 0 aliphatic rings. The van der Waals surface area contributed by atoms with Crippen LogP contribution in [-0.2, 0) is 6.42 Å². The molecule has 100 valence electrons. The minimum atomic E-state index is -1.09. The topological polar surface area (TPSA) is 50.2 Å². The fourth-order valence-electron chi connectivity index (χ4n) is 1.70. The molecular weight excluding hydrogens is 272 g/mol. The van der Waals surface area contributed by atoms with Gasteiger partial charge in [0.1, 0.15) is 21.5 Å². The normalized spacial score (nSPS) is 10.7. The number of hydrogen-bond donors (Lipinski definition) is 1. The molecule has 0 spiro atoms. The Morgan fingerprint density at radius 2 is 2.16 bits per heavy atom. The molecular formula is C13H11F2NO2S. The van der Waals surface area contributed by atoms with Gasteiger partial charge in [-0.05, 0) is 24.6 Å². The Morgan fingerprint density at radius 1 is 1.42 bits per heavy atom. The van der Waals surface area contributed by atoms with Crippen molar-refractivity contribution >= 4 is 17.3 Å². The number of carbonyl (C=O) groups is 1. The van der Waals surface area contributed by atoms with Gasteiger partial charge in [-0.2, -0.15) is 0 Å². The van der Waals surface area contributed by atoms with Crippen molar-refractivity contribution < 1.29 is 18.7 Å². The molecule has 6 heteroatoms. The van der Waals surface area contributed by atoms with Crippen LogP contribution in [0.5, 0.6) is 0 Å². The maximum absolute atomic E-state index is 13.6. The summed E-state index contributed by atoms with van der Waals surface area (Å²) in [6.45, 7) is 1.90. The van der Waals surface area contributed by atoms with Gasteiger partial charge in [0.05, 0.1) is 5.69 Å². The van der Waals surface area contributed by atoms with Gasteiger partial charge in [-0.3, -0.25) is 0 Å².